The third kappa shape index (κ3) is 4.31. The predicted molar refractivity (Wildman–Crippen MR) is 127 cm³/mol. The number of benzene rings is 3. The van der Waals surface area contributed by atoms with Crippen molar-refractivity contribution < 1.29 is 17.9 Å². The third-order valence-electron chi connectivity index (χ3n) is 6.63. The zero-order valence-corrected chi connectivity index (χ0v) is 19.1. The molecule has 0 saturated heterocycles. The lowest BCUT2D eigenvalue weighted by Gasteiger charge is -2.30. The summed E-state index contributed by atoms with van der Waals surface area (Å²) in [5, 5.41) is 1.18. The van der Waals surface area contributed by atoms with Gasteiger partial charge in [0.1, 0.15) is 5.82 Å². The van der Waals surface area contributed by atoms with Crippen molar-refractivity contribution in [3.8, 4) is 11.1 Å². The monoisotopic (exact) mass is 462 g/mol. The van der Waals surface area contributed by atoms with E-state index in [1.807, 2.05) is 32.3 Å². The van der Waals surface area contributed by atoms with Crippen LogP contribution < -0.4 is 0 Å². The van der Waals surface area contributed by atoms with Gasteiger partial charge in [-0.3, -0.25) is 4.98 Å². The van der Waals surface area contributed by atoms with Crippen LogP contribution in [0.1, 0.15) is 29.2 Å². The molecule has 1 aliphatic rings. The van der Waals surface area contributed by atoms with Crippen molar-refractivity contribution in [2.75, 3.05) is 14.1 Å². The normalized spacial score (nSPS) is 16.2. The molecule has 0 spiro atoms. The fourth-order valence-corrected chi connectivity index (χ4v) is 4.80. The van der Waals surface area contributed by atoms with Crippen LogP contribution in [-0.4, -0.2) is 30.0 Å². The van der Waals surface area contributed by atoms with Gasteiger partial charge in [0, 0.05) is 29.4 Å². The molecule has 34 heavy (non-hydrogen) atoms. The molecule has 0 saturated carbocycles. The van der Waals surface area contributed by atoms with Crippen LogP contribution in [0.5, 0.6) is 0 Å². The van der Waals surface area contributed by atoms with E-state index in [1.54, 1.807) is 6.20 Å². The van der Waals surface area contributed by atoms with Crippen molar-refractivity contribution in [2.45, 2.75) is 31.6 Å². The van der Waals surface area contributed by atoms with E-state index >= 15 is 0 Å². The van der Waals surface area contributed by atoms with Gasteiger partial charge >= 0.3 is 0 Å². The minimum absolute atomic E-state index is 0.0864. The van der Waals surface area contributed by atoms with Crippen molar-refractivity contribution in [3.05, 3.63) is 101 Å². The number of aryl methyl sites for hydroxylation is 1. The summed E-state index contributed by atoms with van der Waals surface area (Å²) in [6, 6.07) is 15.3. The lowest BCUT2D eigenvalue weighted by Crippen LogP contribution is -2.34. The maximum absolute atomic E-state index is 14.0. The summed E-state index contributed by atoms with van der Waals surface area (Å²) in [5.41, 5.74) is 4.94. The molecule has 3 nitrogen and oxygen atoms in total. The highest BCUT2D eigenvalue weighted by atomic mass is 19.2. The van der Waals surface area contributed by atoms with Crippen molar-refractivity contribution in [3.63, 3.8) is 0 Å². The number of fused-ring (bicyclic) bond motifs is 2. The molecule has 2 heterocycles. The van der Waals surface area contributed by atoms with Gasteiger partial charge in [-0.2, -0.15) is 0 Å². The number of halogens is 3. The summed E-state index contributed by atoms with van der Waals surface area (Å²) in [7, 11) is 4.08. The minimum Gasteiger partial charge on any atom is -0.367 e. The largest absolute Gasteiger partial charge is 0.367 e. The Hall–Kier alpha value is -3.22. The Morgan fingerprint density at radius 2 is 1.74 bits per heavy atom. The second kappa shape index (κ2) is 9.20. The number of nitrogens with zero attached hydrogens (tertiary/aromatic N) is 2. The molecule has 0 bridgehead atoms. The Labute approximate surface area is 196 Å². The predicted octanol–water partition coefficient (Wildman–Crippen LogP) is 6.45. The van der Waals surface area contributed by atoms with E-state index in [-0.39, 0.29) is 18.0 Å². The van der Waals surface area contributed by atoms with Crippen LogP contribution >= 0.6 is 0 Å². The van der Waals surface area contributed by atoms with Gasteiger partial charge in [-0.25, -0.2) is 13.2 Å². The van der Waals surface area contributed by atoms with Gasteiger partial charge in [0.25, 0.3) is 0 Å². The number of hydrogen-bond donors (Lipinski definition) is 0. The van der Waals surface area contributed by atoms with E-state index in [9.17, 15) is 13.2 Å². The summed E-state index contributed by atoms with van der Waals surface area (Å²) in [6.07, 6.45) is 4.82. The molecule has 174 valence electrons. The molecule has 1 aliphatic heterocycles. The molecule has 2 atom stereocenters. The zero-order valence-electron chi connectivity index (χ0n) is 19.1. The SMILES string of the molecule is CN(C)C(CCc1ccc(F)cc1)C1OCc2cc(-c3cncc4cc(F)c(F)cc34)ccc21. The molecule has 0 fully saturated rings. The number of hydrogen-bond acceptors (Lipinski definition) is 3. The molecule has 0 radical (unpaired) electrons. The van der Waals surface area contributed by atoms with Gasteiger partial charge in [0.05, 0.1) is 12.7 Å². The molecule has 2 unspecified atom stereocenters. The zero-order chi connectivity index (χ0) is 23.8. The Balaban J connectivity index is 1.43. The first-order valence-corrected chi connectivity index (χ1v) is 11.3. The van der Waals surface area contributed by atoms with E-state index in [0.717, 1.165) is 40.7 Å². The number of pyridine rings is 1. The van der Waals surface area contributed by atoms with Crippen molar-refractivity contribution in [2.24, 2.45) is 0 Å². The van der Waals surface area contributed by atoms with Gasteiger partial charge in [-0.15, -0.1) is 0 Å². The van der Waals surface area contributed by atoms with E-state index in [0.29, 0.717) is 17.4 Å². The Bertz CT molecular complexity index is 1340. The van der Waals surface area contributed by atoms with E-state index in [4.69, 9.17) is 4.74 Å². The maximum atomic E-state index is 14.0. The Morgan fingerprint density at radius 3 is 2.50 bits per heavy atom. The molecule has 4 aromatic rings. The second-order valence-electron chi connectivity index (χ2n) is 9.02. The van der Waals surface area contributed by atoms with Gasteiger partial charge in [-0.1, -0.05) is 24.3 Å². The summed E-state index contributed by atoms with van der Waals surface area (Å²) < 4.78 is 47.1. The molecular formula is C28H25F3N2O. The average Bonchev–Trinajstić information content (AvgIpc) is 3.23. The molecule has 0 aliphatic carbocycles. The molecule has 5 rings (SSSR count). The van der Waals surface area contributed by atoms with Crippen molar-refractivity contribution in [1.29, 1.82) is 0 Å². The molecule has 0 N–H and O–H groups in total. The van der Waals surface area contributed by atoms with Gasteiger partial charge in [0.2, 0.25) is 0 Å². The van der Waals surface area contributed by atoms with Crippen molar-refractivity contribution in [1.82, 2.24) is 9.88 Å². The molecule has 1 aromatic heterocycles. The lowest BCUT2D eigenvalue weighted by molar-refractivity contribution is 0.00519. The van der Waals surface area contributed by atoms with Gasteiger partial charge < -0.3 is 9.64 Å². The van der Waals surface area contributed by atoms with Crippen LogP contribution in [-0.2, 0) is 17.8 Å². The van der Waals surface area contributed by atoms with Crippen LogP contribution in [0.3, 0.4) is 0 Å². The van der Waals surface area contributed by atoms with Gasteiger partial charge in [-0.05, 0) is 84.9 Å². The topological polar surface area (TPSA) is 25.4 Å². The number of likely N-dealkylation sites (N-methyl/N-ethyl adjacent to an activating group) is 1. The van der Waals surface area contributed by atoms with Crippen LogP contribution in [0.2, 0.25) is 0 Å². The highest BCUT2D eigenvalue weighted by Crippen LogP contribution is 2.39. The standard InChI is InChI=1S/C28H25F3N2O/c1-33(2)27(10-5-17-3-7-21(29)8-4-17)28-22-9-6-18(11-20(22)16-34-28)24-15-32-14-19-12-25(30)26(31)13-23(19)24/h3-4,6-9,11-15,27-28H,5,10,16H2,1-2H3. The summed E-state index contributed by atoms with van der Waals surface area (Å²) in [5.74, 6) is -1.99. The maximum Gasteiger partial charge on any atom is 0.159 e. The fraction of sp³-hybridized carbons (Fsp3) is 0.250. The Morgan fingerprint density at radius 1 is 0.971 bits per heavy atom. The van der Waals surface area contributed by atoms with Crippen LogP contribution in [0.25, 0.3) is 21.9 Å². The lowest BCUT2D eigenvalue weighted by atomic mass is 9.92. The number of ether oxygens (including phenoxy) is 1. The first-order chi connectivity index (χ1) is 16.4. The molecule has 3 aromatic carbocycles. The number of rotatable bonds is 6. The fourth-order valence-electron chi connectivity index (χ4n) is 4.80. The van der Waals surface area contributed by atoms with Crippen molar-refractivity contribution >= 4 is 10.8 Å². The van der Waals surface area contributed by atoms with Gasteiger partial charge in [0.15, 0.2) is 11.6 Å². The van der Waals surface area contributed by atoms with Crippen LogP contribution in [0, 0.1) is 17.5 Å². The number of aromatic nitrogens is 1. The molecular weight excluding hydrogens is 437 g/mol. The highest BCUT2D eigenvalue weighted by Gasteiger charge is 2.32. The second-order valence-corrected chi connectivity index (χ2v) is 9.02. The highest BCUT2D eigenvalue weighted by molar-refractivity contribution is 5.96. The molecule has 0 amide bonds. The summed E-state index contributed by atoms with van der Waals surface area (Å²) in [4.78, 5) is 6.40. The quantitative estimate of drug-likeness (QED) is 0.329. The Kier molecular flexibility index (Phi) is 6.11. The van der Waals surface area contributed by atoms with E-state index < -0.39 is 11.6 Å². The summed E-state index contributed by atoms with van der Waals surface area (Å²) in [6.45, 7) is 0.482. The van der Waals surface area contributed by atoms with Crippen LogP contribution in [0.15, 0.2) is 67.0 Å². The van der Waals surface area contributed by atoms with Crippen LogP contribution in [0.4, 0.5) is 13.2 Å². The first kappa shape index (κ1) is 22.6. The minimum atomic E-state index is -0.882. The third-order valence-corrected chi connectivity index (χ3v) is 6.63. The average molecular weight is 463 g/mol. The van der Waals surface area contributed by atoms with E-state index in [2.05, 4.69) is 22.0 Å². The molecule has 6 heteroatoms. The smallest absolute Gasteiger partial charge is 0.159 e. The first-order valence-electron chi connectivity index (χ1n) is 11.3. The summed E-state index contributed by atoms with van der Waals surface area (Å²) >= 11 is 0. The van der Waals surface area contributed by atoms with E-state index in [1.165, 1.54) is 30.5 Å².